The number of hydrogen-bond donors (Lipinski definition) is 2. The second kappa shape index (κ2) is 23.7. The Labute approximate surface area is 112 Å². The Morgan fingerprint density at radius 3 is 1.29 bits per heavy atom. The second-order valence-electron chi connectivity index (χ2n) is 2.67. The molecule has 0 aromatic carbocycles. The van der Waals surface area contributed by atoms with Crippen molar-refractivity contribution in [3.8, 4) is 0 Å². The van der Waals surface area contributed by atoms with Gasteiger partial charge in [-0.25, -0.2) is 0 Å². The molecule has 14 heavy (non-hydrogen) atoms. The van der Waals surface area contributed by atoms with Gasteiger partial charge in [0.05, 0.1) is 0 Å². The second-order valence-corrected chi connectivity index (χ2v) is 3.17. The van der Waals surface area contributed by atoms with E-state index in [1.807, 2.05) is 0 Å². The third-order valence-corrected chi connectivity index (χ3v) is 1.46. The fraction of sp³-hybridized carbons (Fsp3) is 0.889. The first-order valence-electron chi connectivity index (χ1n) is 4.50. The van der Waals surface area contributed by atoms with Crippen LogP contribution in [-0.4, -0.2) is 9.79 Å². The van der Waals surface area contributed by atoms with Gasteiger partial charge >= 0.3 is 37.8 Å². The fourth-order valence-electron chi connectivity index (χ4n) is 0.854. The first-order valence-corrected chi connectivity index (χ1v) is 5.66. The molecule has 5 heteroatoms. The minimum atomic E-state index is -2.87. The van der Waals surface area contributed by atoms with E-state index < -0.39 is 8.25 Å². The normalized spacial score (nSPS) is 7.43. The minimum absolute atomic E-state index is 0. The molecule has 0 saturated carbocycles. The summed E-state index contributed by atoms with van der Waals surface area (Å²) in [4.78, 5) is 14.2. The Balaban J connectivity index is -0.0000000733. The fourth-order valence-corrected chi connectivity index (χ4v) is 0.854. The van der Waals surface area contributed by atoms with E-state index in [2.05, 4.69) is 13.8 Å². The smallest absolute Gasteiger partial charge is 0.358 e. The molecule has 3 nitrogen and oxygen atoms in total. The van der Waals surface area contributed by atoms with Crippen LogP contribution >= 0.6 is 8.25 Å². The van der Waals surface area contributed by atoms with Crippen molar-refractivity contribution in [2.45, 2.75) is 52.4 Å². The standard InChI is InChI=1S/C8H18.CH3.Na.HO3P/c1-3-5-7-8-6-4-2;;;1-4(2)3/h3-8H2,1-2H3;1H3;;(H-,1,2,3)/q;-1;+1;/p+1. The molecule has 0 bridgehead atoms. The van der Waals surface area contributed by atoms with Crippen LogP contribution in [0, 0.1) is 7.43 Å². The number of hydrogen-bond acceptors (Lipinski definition) is 1. The summed E-state index contributed by atoms with van der Waals surface area (Å²) in [5.74, 6) is 0. The third kappa shape index (κ3) is 51.9. The summed E-state index contributed by atoms with van der Waals surface area (Å²) in [6, 6.07) is 0. The van der Waals surface area contributed by atoms with E-state index in [9.17, 15) is 0 Å². The van der Waals surface area contributed by atoms with Gasteiger partial charge in [-0.05, 0) is 0 Å². The average Bonchev–Trinajstić information content (AvgIpc) is 1.97. The molecule has 0 saturated heterocycles. The molecular weight excluding hydrogens is 210 g/mol. The Hall–Kier alpha value is 1.02. The third-order valence-electron chi connectivity index (χ3n) is 1.46. The van der Waals surface area contributed by atoms with Crippen molar-refractivity contribution >= 4 is 8.25 Å². The predicted molar refractivity (Wildman–Crippen MR) is 57.5 cm³/mol. The molecule has 0 radical (unpaired) electrons. The molecule has 0 fully saturated rings. The first-order chi connectivity index (χ1) is 5.65. The molecule has 0 spiro atoms. The van der Waals surface area contributed by atoms with E-state index >= 15 is 0 Å². The van der Waals surface area contributed by atoms with Gasteiger partial charge in [0.15, 0.2) is 0 Å². The van der Waals surface area contributed by atoms with Crippen LogP contribution in [0.5, 0.6) is 0 Å². The maximum absolute atomic E-state index is 8.70. The van der Waals surface area contributed by atoms with Gasteiger partial charge < -0.3 is 7.43 Å². The summed E-state index contributed by atoms with van der Waals surface area (Å²) in [7, 11) is -2.87. The Kier molecular flexibility index (Phi) is 41.1. The molecule has 0 atom stereocenters. The van der Waals surface area contributed by atoms with Gasteiger partial charge in [0, 0.05) is 4.57 Å². The summed E-state index contributed by atoms with van der Waals surface area (Å²) in [6.45, 7) is 4.51. The van der Waals surface area contributed by atoms with Crippen LogP contribution in [0.3, 0.4) is 0 Å². The van der Waals surface area contributed by atoms with Gasteiger partial charge in [0.25, 0.3) is 0 Å². The molecule has 0 heterocycles. The monoisotopic (exact) mass is 233 g/mol. The largest absolute Gasteiger partial charge is 1.00 e. The quantitative estimate of drug-likeness (QED) is 0.314. The molecular formula is C9H23NaO3P+. The molecule has 2 N–H and O–H groups in total. The van der Waals surface area contributed by atoms with E-state index in [1.54, 1.807) is 0 Å². The average molecular weight is 233 g/mol. The van der Waals surface area contributed by atoms with E-state index in [1.165, 1.54) is 38.5 Å². The van der Waals surface area contributed by atoms with Crippen molar-refractivity contribution in [1.29, 1.82) is 0 Å². The Morgan fingerprint density at radius 2 is 1.14 bits per heavy atom. The van der Waals surface area contributed by atoms with Crippen LogP contribution in [0.4, 0.5) is 0 Å². The van der Waals surface area contributed by atoms with Crippen LogP contribution in [0.25, 0.3) is 0 Å². The molecule has 0 aromatic heterocycles. The maximum Gasteiger partial charge on any atom is 1.00 e. The summed E-state index contributed by atoms with van der Waals surface area (Å²) < 4.78 is 8.70. The molecule has 0 aliphatic carbocycles. The van der Waals surface area contributed by atoms with Crippen molar-refractivity contribution in [2.24, 2.45) is 0 Å². The van der Waals surface area contributed by atoms with Gasteiger partial charge in [-0.3, -0.25) is 0 Å². The van der Waals surface area contributed by atoms with Crippen LogP contribution in [0.2, 0.25) is 0 Å². The van der Waals surface area contributed by atoms with E-state index in [4.69, 9.17) is 14.4 Å². The number of rotatable bonds is 5. The molecule has 0 aliphatic rings. The minimum Gasteiger partial charge on any atom is -0.358 e. The first kappa shape index (κ1) is 24.3. The Morgan fingerprint density at radius 1 is 0.929 bits per heavy atom. The molecule has 0 rings (SSSR count). The van der Waals surface area contributed by atoms with Gasteiger partial charge in [-0.2, -0.15) is 0 Å². The predicted octanol–water partition coefficient (Wildman–Crippen LogP) is 0.449. The topological polar surface area (TPSA) is 57.5 Å². The zero-order chi connectivity index (χ0) is 9.82. The zero-order valence-corrected chi connectivity index (χ0v) is 12.9. The summed E-state index contributed by atoms with van der Waals surface area (Å²) in [5.41, 5.74) is 0. The zero-order valence-electron chi connectivity index (χ0n) is 9.99. The summed E-state index contributed by atoms with van der Waals surface area (Å²) >= 11 is 0. The van der Waals surface area contributed by atoms with E-state index in [0.717, 1.165) is 0 Å². The molecule has 82 valence electrons. The maximum atomic E-state index is 8.70. The van der Waals surface area contributed by atoms with E-state index in [0.29, 0.717) is 0 Å². The van der Waals surface area contributed by atoms with Crippen molar-refractivity contribution in [3.63, 3.8) is 0 Å². The molecule has 0 unspecified atom stereocenters. The van der Waals surface area contributed by atoms with Gasteiger partial charge in [0.2, 0.25) is 0 Å². The molecule has 0 aromatic rings. The molecule has 0 amide bonds. The summed E-state index contributed by atoms with van der Waals surface area (Å²) in [5, 5.41) is 0. The van der Waals surface area contributed by atoms with Gasteiger partial charge in [-0.15, -0.1) is 9.79 Å². The van der Waals surface area contributed by atoms with Gasteiger partial charge in [-0.1, -0.05) is 52.4 Å². The van der Waals surface area contributed by atoms with Crippen molar-refractivity contribution in [2.75, 3.05) is 0 Å². The molecule has 0 aliphatic heterocycles. The summed E-state index contributed by atoms with van der Waals surface area (Å²) in [6.07, 6.45) is 8.49. The SMILES string of the molecule is CCCCCCCC.O=[P+](O)O.[CH3-].[Na+]. The van der Waals surface area contributed by atoms with Crippen LogP contribution in [0.15, 0.2) is 0 Å². The van der Waals surface area contributed by atoms with Crippen LogP contribution in [-0.2, 0) is 4.57 Å². The Bertz CT molecular complexity index is 92.1. The van der Waals surface area contributed by atoms with Crippen molar-refractivity contribution in [1.82, 2.24) is 0 Å². The number of unbranched alkanes of at least 4 members (excludes halogenated alkanes) is 5. The van der Waals surface area contributed by atoms with Gasteiger partial charge in [0.1, 0.15) is 0 Å². The van der Waals surface area contributed by atoms with Crippen molar-refractivity contribution in [3.05, 3.63) is 7.43 Å². The van der Waals surface area contributed by atoms with Crippen molar-refractivity contribution < 1.29 is 43.9 Å². The van der Waals surface area contributed by atoms with Crippen LogP contribution in [0.1, 0.15) is 52.4 Å². The van der Waals surface area contributed by atoms with E-state index in [-0.39, 0.29) is 37.0 Å². The van der Waals surface area contributed by atoms with Crippen LogP contribution < -0.4 is 29.6 Å².